The monoisotopic (exact) mass is 860 g/mol. The number of ether oxygens (including phenoxy) is 2. The van der Waals surface area contributed by atoms with Gasteiger partial charge in [-0.15, -0.1) is 11.3 Å². The Morgan fingerprint density at radius 2 is 0.873 bits per heavy atom. The summed E-state index contributed by atoms with van der Waals surface area (Å²) < 4.78 is 12.5. The molecule has 1 heterocycles. The first kappa shape index (κ1) is 46.2. The van der Waals surface area contributed by atoms with E-state index < -0.39 is 5.41 Å². The molecule has 63 heavy (non-hydrogen) atoms. The fourth-order valence-corrected chi connectivity index (χ4v) is 10.5. The van der Waals surface area contributed by atoms with Crippen LogP contribution in [0.1, 0.15) is 164 Å². The Kier molecular flexibility index (Phi) is 17.4. The molecule has 1 aliphatic rings. The van der Waals surface area contributed by atoms with Gasteiger partial charge in [0, 0.05) is 21.9 Å². The van der Waals surface area contributed by atoms with Gasteiger partial charge < -0.3 is 14.4 Å². The molecule has 0 unspecified atom stereocenters. The molecule has 3 nitrogen and oxygen atoms in total. The van der Waals surface area contributed by atoms with Crippen molar-refractivity contribution >= 4 is 28.4 Å². The van der Waals surface area contributed by atoms with Crippen LogP contribution in [0.4, 0.5) is 17.1 Å². The van der Waals surface area contributed by atoms with Gasteiger partial charge in [0.15, 0.2) is 0 Å². The van der Waals surface area contributed by atoms with Crippen molar-refractivity contribution in [2.75, 3.05) is 18.1 Å². The number of hydrogen-bond donors (Lipinski definition) is 0. The quantitative estimate of drug-likeness (QED) is 0.0481. The van der Waals surface area contributed by atoms with E-state index >= 15 is 0 Å². The van der Waals surface area contributed by atoms with E-state index in [0.717, 1.165) is 67.5 Å². The molecule has 0 radical (unpaired) electrons. The predicted molar refractivity (Wildman–Crippen MR) is 271 cm³/mol. The fraction of sp³-hybridized carbons (Fsp3) is 0.424. The molecule has 4 heteroatoms. The number of benzene rings is 5. The Bertz CT molecular complexity index is 2120. The molecule has 1 aromatic heterocycles. The van der Waals surface area contributed by atoms with Gasteiger partial charge in [-0.1, -0.05) is 159 Å². The van der Waals surface area contributed by atoms with Crippen LogP contribution >= 0.6 is 11.3 Å². The second-order valence-corrected chi connectivity index (χ2v) is 18.7. The molecule has 1 aliphatic carbocycles. The Morgan fingerprint density at radius 3 is 1.33 bits per heavy atom. The van der Waals surface area contributed by atoms with E-state index in [1.165, 1.54) is 134 Å². The van der Waals surface area contributed by atoms with Crippen LogP contribution in [0.3, 0.4) is 0 Å². The average Bonchev–Trinajstić information content (AvgIpc) is 3.91. The highest BCUT2D eigenvalue weighted by atomic mass is 32.1. The molecule has 5 aromatic carbocycles. The summed E-state index contributed by atoms with van der Waals surface area (Å²) in [4.78, 5) is 3.78. The van der Waals surface area contributed by atoms with Gasteiger partial charge in [0.25, 0.3) is 0 Å². The zero-order valence-electron chi connectivity index (χ0n) is 38.9. The van der Waals surface area contributed by atoms with Crippen molar-refractivity contribution in [3.05, 3.63) is 160 Å². The van der Waals surface area contributed by atoms with Crippen molar-refractivity contribution in [1.82, 2.24) is 0 Å². The lowest BCUT2D eigenvalue weighted by Gasteiger charge is -2.35. The van der Waals surface area contributed by atoms with Crippen LogP contribution in [0.25, 0.3) is 10.4 Å². The summed E-state index contributed by atoms with van der Waals surface area (Å²) in [5.74, 6) is 1.84. The van der Waals surface area contributed by atoms with Gasteiger partial charge in [-0.25, -0.2) is 0 Å². The summed E-state index contributed by atoms with van der Waals surface area (Å²) in [6, 6.07) is 46.4. The molecular weight excluding hydrogens is 787 g/mol. The van der Waals surface area contributed by atoms with Gasteiger partial charge in [0.1, 0.15) is 11.5 Å². The third-order valence-electron chi connectivity index (χ3n) is 13.1. The Labute approximate surface area is 384 Å². The molecule has 0 N–H and O–H groups in total. The number of unbranched alkanes of at least 4 members (excludes halogenated alkanes) is 12. The summed E-state index contributed by atoms with van der Waals surface area (Å²) in [6.07, 6.45) is 22.0. The second kappa shape index (κ2) is 23.8. The highest BCUT2D eigenvalue weighted by Gasteiger charge is 2.47. The summed E-state index contributed by atoms with van der Waals surface area (Å²) >= 11 is 1.87. The van der Waals surface area contributed by atoms with Gasteiger partial charge >= 0.3 is 0 Å². The first-order valence-corrected chi connectivity index (χ1v) is 25.7. The maximum Gasteiger partial charge on any atom is 0.119 e. The normalized spacial score (nSPS) is 12.6. The van der Waals surface area contributed by atoms with E-state index in [-0.39, 0.29) is 0 Å². The third-order valence-corrected chi connectivity index (χ3v) is 14.1. The molecule has 0 saturated carbocycles. The number of aryl methyl sites for hydroxylation is 2. The van der Waals surface area contributed by atoms with Gasteiger partial charge in [-0.3, -0.25) is 0 Å². The zero-order chi connectivity index (χ0) is 43.7. The Morgan fingerprint density at radius 1 is 0.429 bits per heavy atom. The highest BCUT2D eigenvalue weighted by molar-refractivity contribution is 7.14. The Balaban J connectivity index is 1.30. The van der Waals surface area contributed by atoms with Crippen LogP contribution in [-0.2, 0) is 18.3 Å². The fourth-order valence-electron chi connectivity index (χ4n) is 9.55. The molecule has 0 aliphatic heterocycles. The lowest BCUT2D eigenvalue weighted by Crippen LogP contribution is -2.28. The van der Waals surface area contributed by atoms with Crippen molar-refractivity contribution in [2.24, 2.45) is 0 Å². The van der Waals surface area contributed by atoms with Crippen molar-refractivity contribution in [1.29, 1.82) is 0 Å². The smallest absolute Gasteiger partial charge is 0.119 e. The maximum absolute atomic E-state index is 6.24. The van der Waals surface area contributed by atoms with Crippen molar-refractivity contribution in [3.63, 3.8) is 0 Å². The average molecular weight is 860 g/mol. The van der Waals surface area contributed by atoms with Gasteiger partial charge in [-0.05, 0) is 150 Å². The number of fused-ring (bicyclic) bond motifs is 3. The molecule has 0 amide bonds. The maximum atomic E-state index is 6.24. The van der Waals surface area contributed by atoms with Crippen molar-refractivity contribution < 1.29 is 9.47 Å². The SMILES string of the molecule is CCCCCCOc1ccc(N(c2ccc(OCCCCCC)cc2)c2ccc3c(c2)C(c2ccc(CCCCCC)cc2)(c2ccc(CCCCCC)cc2)c2ccsc2-3)cc1. The summed E-state index contributed by atoms with van der Waals surface area (Å²) in [6.45, 7) is 10.6. The van der Waals surface area contributed by atoms with E-state index in [1.807, 2.05) is 11.3 Å². The molecule has 0 fully saturated rings. The van der Waals surface area contributed by atoms with Gasteiger partial charge in [0.05, 0.1) is 18.6 Å². The first-order chi connectivity index (χ1) is 31.1. The first-order valence-electron chi connectivity index (χ1n) is 24.8. The summed E-state index contributed by atoms with van der Waals surface area (Å²) in [7, 11) is 0. The minimum Gasteiger partial charge on any atom is -0.494 e. The van der Waals surface area contributed by atoms with E-state index in [1.54, 1.807) is 0 Å². The minimum atomic E-state index is -0.460. The topological polar surface area (TPSA) is 21.7 Å². The van der Waals surface area contributed by atoms with Crippen LogP contribution in [0.15, 0.2) is 127 Å². The lowest BCUT2D eigenvalue weighted by atomic mass is 9.67. The predicted octanol–water partition coefficient (Wildman–Crippen LogP) is 17.7. The number of thiophene rings is 1. The lowest BCUT2D eigenvalue weighted by molar-refractivity contribution is 0.305. The van der Waals surface area contributed by atoms with Crippen LogP contribution in [0.2, 0.25) is 0 Å². The van der Waals surface area contributed by atoms with E-state index in [2.05, 4.69) is 159 Å². The molecular formula is C59H73NO2S. The second-order valence-electron chi connectivity index (χ2n) is 17.8. The van der Waals surface area contributed by atoms with Crippen LogP contribution in [0.5, 0.6) is 11.5 Å². The minimum absolute atomic E-state index is 0.460. The van der Waals surface area contributed by atoms with Crippen LogP contribution in [0, 0.1) is 0 Å². The van der Waals surface area contributed by atoms with Crippen LogP contribution < -0.4 is 14.4 Å². The van der Waals surface area contributed by atoms with Crippen molar-refractivity contribution in [2.45, 2.75) is 149 Å². The molecule has 0 bridgehead atoms. The number of hydrogen-bond acceptors (Lipinski definition) is 4. The highest BCUT2D eigenvalue weighted by Crippen LogP contribution is 2.59. The Hall–Kier alpha value is -4.80. The van der Waals surface area contributed by atoms with Gasteiger partial charge in [-0.2, -0.15) is 0 Å². The van der Waals surface area contributed by atoms with E-state index in [9.17, 15) is 0 Å². The number of nitrogens with zero attached hydrogens (tertiary/aromatic N) is 1. The molecule has 0 spiro atoms. The number of rotatable bonds is 27. The van der Waals surface area contributed by atoms with E-state index in [4.69, 9.17) is 9.47 Å². The van der Waals surface area contributed by atoms with Crippen molar-refractivity contribution in [3.8, 4) is 21.9 Å². The van der Waals surface area contributed by atoms with E-state index in [0.29, 0.717) is 0 Å². The van der Waals surface area contributed by atoms with Gasteiger partial charge in [0.2, 0.25) is 0 Å². The molecule has 332 valence electrons. The third kappa shape index (κ3) is 11.3. The molecule has 7 rings (SSSR count). The molecule has 0 atom stereocenters. The molecule has 0 saturated heterocycles. The van der Waals surface area contributed by atoms with Crippen LogP contribution in [-0.4, -0.2) is 13.2 Å². The summed E-state index contributed by atoms with van der Waals surface area (Å²) in [5, 5.41) is 2.30. The number of anilines is 3. The standard InChI is InChI=1S/C59H73NO2S/c1-5-9-13-17-21-46-23-27-48(28-24-46)59(49-29-25-47(26-30-49)22-18-14-10-6-2)56-41-44-63-58(56)55-40-35-52(45-57(55)59)60(50-31-36-53(37-32-50)61-42-19-15-11-7-3)51-33-38-54(39-34-51)62-43-20-16-12-8-4/h23-41,44-45H,5-22,42-43H2,1-4H3. The summed E-state index contributed by atoms with van der Waals surface area (Å²) in [5.41, 5.74) is 12.5. The largest absolute Gasteiger partial charge is 0.494 e. The molecule has 6 aromatic rings. The zero-order valence-corrected chi connectivity index (χ0v) is 39.8.